The van der Waals surface area contributed by atoms with Crippen molar-refractivity contribution in [2.75, 3.05) is 19.2 Å². The molecule has 0 spiro atoms. The lowest BCUT2D eigenvalue weighted by Gasteiger charge is -2.11. The summed E-state index contributed by atoms with van der Waals surface area (Å²) in [5.41, 5.74) is 1.38. The van der Waals surface area contributed by atoms with Gasteiger partial charge < -0.3 is 9.30 Å². The Hall–Kier alpha value is -1.21. The Morgan fingerprint density at radius 1 is 1.48 bits per heavy atom. The van der Waals surface area contributed by atoms with E-state index in [1.807, 2.05) is 11.5 Å². The van der Waals surface area contributed by atoms with Crippen LogP contribution in [0.1, 0.15) is 19.2 Å². The lowest BCUT2D eigenvalue weighted by atomic mass is 10.3. The minimum absolute atomic E-state index is 0.120. The number of aromatic nitrogens is 4. The number of hydrogen-bond donors (Lipinski definition) is 0. The fraction of sp³-hybridized carbons (Fsp3) is 0.615. The molecular weight excluding hydrogens is 312 g/mol. The first kappa shape index (κ1) is 16.2. The Kier molecular flexibility index (Phi) is 5.52. The van der Waals surface area contributed by atoms with E-state index in [4.69, 9.17) is 16.3 Å². The van der Waals surface area contributed by atoms with Gasteiger partial charge in [-0.3, -0.25) is 4.21 Å². The lowest BCUT2D eigenvalue weighted by Crippen LogP contribution is -2.14. The van der Waals surface area contributed by atoms with Crippen molar-refractivity contribution in [2.45, 2.75) is 31.6 Å². The van der Waals surface area contributed by atoms with E-state index in [0.717, 1.165) is 17.9 Å². The number of halogens is 1. The minimum atomic E-state index is -0.839. The van der Waals surface area contributed by atoms with E-state index >= 15 is 0 Å². The number of imidazole rings is 1. The number of rotatable bonds is 7. The van der Waals surface area contributed by atoms with Gasteiger partial charge >= 0.3 is 0 Å². The predicted molar refractivity (Wildman–Crippen MR) is 84.4 cm³/mol. The third-order valence-electron chi connectivity index (χ3n) is 3.41. The van der Waals surface area contributed by atoms with Crippen molar-refractivity contribution in [1.29, 1.82) is 0 Å². The van der Waals surface area contributed by atoms with Crippen molar-refractivity contribution in [1.82, 2.24) is 19.5 Å². The van der Waals surface area contributed by atoms with Gasteiger partial charge in [-0.2, -0.15) is 4.98 Å². The van der Waals surface area contributed by atoms with Crippen LogP contribution in [0.5, 0.6) is 5.88 Å². The van der Waals surface area contributed by atoms with E-state index in [1.165, 1.54) is 6.33 Å². The number of hydrogen-bond acceptors (Lipinski definition) is 5. The molecule has 0 saturated heterocycles. The Morgan fingerprint density at radius 2 is 2.24 bits per heavy atom. The summed E-state index contributed by atoms with van der Waals surface area (Å²) in [7, 11) is 0.721. The molecule has 0 aliphatic rings. The highest BCUT2D eigenvalue weighted by molar-refractivity contribution is 7.84. The first-order valence-corrected chi connectivity index (χ1v) is 8.86. The maximum Gasteiger partial charge on any atom is 0.245 e. The monoisotopic (exact) mass is 330 g/mol. The molecule has 0 bridgehead atoms. The average molecular weight is 331 g/mol. The third kappa shape index (κ3) is 3.52. The third-order valence-corrected chi connectivity index (χ3v) is 4.97. The van der Waals surface area contributed by atoms with Crippen molar-refractivity contribution < 1.29 is 8.95 Å². The normalized spacial score (nSPS) is 14.3. The van der Waals surface area contributed by atoms with Crippen LogP contribution in [0.4, 0.5) is 0 Å². The Bertz CT molecular complexity index is 646. The summed E-state index contributed by atoms with van der Waals surface area (Å²) in [4.78, 5) is 12.9. The molecule has 0 fully saturated rings. The molecule has 0 saturated carbocycles. The van der Waals surface area contributed by atoms with Crippen LogP contribution in [-0.4, -0.2) is 48.2 Å². The molecule has 0 N–H and O–H groups in total. The Balaban J connectivity index is 2.39. The summed E-state index contributed by atoms with van der Waals surface area (Å²) in [5, 5.41) is 0.120. The van der Waals surface area contributed by atoms with Gasteiger partial charge in [0, 0.05) is 41.2 Å². The van der Waals surface area contributed by atoms with Crippen molar-refractivity contribution in [3.8, 4) is 5.88 Å². The van der Waals surface area contributed by atoms with Gasteiger partial charge in [0.15, 0.2) is 11.2 Å². The zero-order chi connectivity index (χ0) is 15.4. The number of aryl methyl sites for hydroxylation is 2. The van der Waals surface area contributed by atoms with Crippen molar-refractivity contribution in [2.24, 2.45) is 0 Å². The highest BCUT2D eigenvalue weighted by Gasteiger charge is 2.17. The SMILES string of the molecule is COc1ncnc2c1nc(CCCl)n2CCC(C)S(C)=O. The molecule has 21 heavy (non-hydrogen) atoms. The highest BCUT2D eigenvalue weighted by atomic mass is 35.5. The molecule has 2 atom stereocenters. The summed E-state index contributed by atoms with van der Waals surface area (Å²) >= 11 is 5.85. The number of fused-ring (bicyclic) bond motifs is 1. The van der Waals surface area contributed by atoms with Gasteiger partial charge in [-0.05, 0) is 6.42 Å². The molecule has 0 amide bonds. The van der Waals surface area contributed by atoms with Gasteiger partial charge in [0.2, 0.25) is 5.88 Å². The van der Waals surface area contributed by atoms with Gasteiger partial charge in [0.25, 0.3) is 0 Å². The highest BCUT2D eigenvalue weighted by Crippen LogP contribution is 2.22. The molecule has 0 radical (unpaired) electrons. The fourth-order valence-corrected chi connectivity index (χ4v) is 2.70. The summed E-state index contributed by atoms with van der Waals surface area (Å²) in [5.74, 6) is 1.79. The van der Waals surface area contributed by atoms with Gasteiger partial charge in [-0.25, -0.2) is 9.97 Å². The van der Waals surface area contributed by atoms with Gasteiger partial charge in [0.05, 0.1) is 7.11 Å². The molecule has 2 rings (SSSR count). The second kappa shape index (κ2) is 7.17. The second-order valence-corrected chi connectivity index (χ2v) is 6.95. The van der Waals surface area contributed by atoms with Gasteiger partial charge in [-0.15, -0.1) is 11.6 Å². The summed E-state index contributed by atoms with van der Waals surface area (Å²) in [6.45, 7) is 2.68. The minimum Gasteiger partial charge on any atom is -0.479 e. The van der Waals surface area contributed by atoms with Crippen LogP contribution < -0.4 is 4.74 Å². The molecule has 0 aliphatic heterocycles. The summed E-state index contributed by atoms with van der Waals surface area (Å²) < 4.78 is 18.7. The second-order valence-electron chi connectivity index (χ2n) is 4.77. The first-order chi connectivity index (χ1) is 10.1. The predicted octanol–water partition coefficient (Wildman–Crippen LogP) is 1.77. The molecule has 8 heteroatoms. The molecule has 0 aromatic carbocycles. The molecule has 2 heterocycles. The van der Waals surface area contributed by atoms with Crippen LogP contribution in [0.15, 0.2) is 6.33 Å². The van der Waals surface area contributed by atoms with Crippen molar-refractivity contribution >= 4 is 33.6 Å². The number of ether oxygens (including phenoxy) is 1. The summed E-state index contributed by atoms with van der Waals surface area (Å²) in [6.07, 6.45) is 4.62. The number of nitrogens with zero attached hydrogens (tertiary/aromatic N) is 4. The number of methoxy groups -OCH3 is 1. The van der Waals surface area contributed by atoms with Crippen molar-refractivity contribution in [3.63, 3.8) is 0 Å². The van der Waals surface area contributed by atoms with Crippen LogP contribution in [0.3, 0.4) is 0 Å². The molecule has 2 unspecified atom stereocenters. The largest absolute Gasteiger partial charge is 0.479 e. The summed E-state index contributed by atoms with van der Waals surface area (Å²) in [6, 6.07) is 0. The topological polar surface area (TPSA) is 69.9 Å². The number of alkyl halides is 1. The zero-order valence-corrected chi connectivity index (χ0v) is 13.9. The average Bonchev–Trinajstić information content (AvgIpc) is 2.82. The van der Waals surface area contributed by atoms with Crippen molar-refractivity contribution in [3.05, 3.63) is 12.2 Å². The van der Waals surface area contributed by atoms with Crippen LogP contribution in [-0.2, 0) is 23.8 Å². The molecule has 0 aliphatic carbocycles. The van der Waals surface area contributed by atoms with Crippen LogP contribution in [0.2, 0.25) is 0 Å². The smallest absolute Gasteiger partial charge is 0.245 e. The van der Waals surface area contributed by atoms with Gasteiger partial charge in [0.1, 0.15) is 12.2 Å². The maximum atomic E-state index is 11.5. The maximum absolute atomic E-state index is 11.5. The quantitative estimate of drug-likeness (QED) is 0.724. The van der Waals surface area contributed by atoms with E-state index in [1.54, 1.807) is 13.4 Å². The standard InChI is InChI=1S/C13H19ClN4O2S/c1-9(21(3)19)5-7-18-10(4-6-14)17-11-12(18)15-8-16-13(11)20-2/h8-9H,4-7H2,1-3H3. The van der Waals surface area contributed by atoms with Gasteiger partial charge in [-0.1, -0.05) is 6.92 Å². The van der Waals surface area contributed by atoms with Crippen LogP contribution in [0, 0.1) is 0 Å². The van der Waals surface area contributed by atoms with E-state index in [9.17, 15) is 4.21 Å². The van der Waals surface area contributed by atoms with E-state index in [-0.39, 0.29) is 5.25 Å². The molecule has 6 nitrogen and oxygen atoms in total. The first-order valence-electron chi connectivity index (χ1n) is 6.70. The molecular formula is C13H19ClN4O2S. The Morgan fingerprint density at radius 3 is 2.86 bits per heavy atom. The molecule has 2 aromatic rings. The van der Waals surface area contributed by atoms with E-state index < -0.39 is 10.8 Å². The van der Waals surface area contributed by atoms with Crippen LogP contribution in [0.25, 0.3) is 11.2 Å². The zero-order valence-electron chi connectivity index (χ0n) is 12.4. The molecule has 116 valence electrons. The Labute approximate surface area is 131 Å². The van der Waals surface area contributed by atoms with E-state index in [0.29, 0.717) is 30.2 Å². The fourth-order valence-electron chi connectivity index (χ4n) is 2.10. The van der Waals surface area contributed by atoms with Crippen LogP contribution >= 0.6 is 11.6 Å². The molecule has 2 aromatic heterocycles. The lowest BCUT2D eigenvalue weighted by molar-refractivity contribution is 0.401. The van der Waals surface area contributed by atoms with E-state index in [2.05, 4.69) is 15.0 Å².